The van der Waals surface area contributed by atoms with E-state index in [1.54, 1.807) is 11.1 Å². The van der Waals surface area contributed by atoms with Crippen LogP contribution in [-0.4, -0.2) is 0 Å². The van der Waals surface area contributed by atoms with Gasteiger partial charge in [-0.05, 0) is 138 Å². The van der Waals surface area contributed by atoms with E-state index < -0.39 is 0 Å². The molecular weight excluding hydrogens is 787 g/mol. The zero-order valence-electron chi connectivity index (χ0n) is 37.8. The third kappa shape index (κ3) is 8.20. The van der Waals surface area contributed by atoms with Crippen molar-refractivity contribution in [3.05, 3.63) is 161 Å². The molecule has 0 spiro atoms. The molecule has 1 unspecified atom stereocenters. The predicted octanol–water partition coefficient (Wildman–Crippen LogP) is 19.3. The fraction of sp³-hybridized carbons (Fsp3) is 0.322. The van der Waals surface area contributed by atoms with Gasteiger partial charge in [0.05, 0.1) is 4.70 Å². The normalized spacial score (nSPS) is 13.5. The molecule has 62 heavy (non-hydrogen) atoms. The first-order valence-corrected chi connectivity index (χ1v) is 25.2. The van der Waals surface area contributed by atoms with E-state index in [1.165, 1.54) is 150 Å². The van der Waals surface area contributed by atoms with Crippen LogP contribution in [0.25, 0.3) is 52.2 Å². The van der Waals surface area contributed by atoms with Gasteiger partial charge in [0.25, 0.3) is 0 Å². The number of nitrogens with zero attached hydrogens (tertiary/aromatic N) is 1. The summed E-state index contributed by atoms with van der Waals surface area (Å²) < 4.78 is 4.15. The third-order valence-corrected chi connectivity index (χ3v) is 16.4. The molecule has 2 heterocycles. The van der Waals surface area contributed by atoms with Crippen molar-refractivity contribution in [2.45, 2.75) is 124 Å². The summed E-state index contributed by atoms with van der Waals surface area (Å²) in [6, 6.07) is 51.6. The standard InChI is InChI=1S/C59H63NS2/c1-7-10-12-14-34-59(35-15-13-11-8-2)53-36-41(5)18-31-50(53)51-32-23-45(37-54(51)59)46-24-33-52-56(38-46)61-57-39-55(62-58(52)57)44-21-29-49(30-22-44)60(47-25-16-40(4)17-26-47)48-27-19-43(20-28-48)42(6)9-3/h16-33,36-39,42H,7-15,34-35H2,1-6H3. The van der Waals surface area contributed by atoms with Gasteiger partial charge in [0.15, 0.2) is 0 Å². The van der Waals surface area contributed by atoms with E-state index in [0.29, 0.717) is 5.92 Å². The van der Waals surface area contributed by atoms with E-state index in [2.05, 4.69) is 180 Å². The Morgan fingerprint density at radius 2 is 1.05 bits per heavy atom. The Bertz CT molecular complexity index is 2770. The van der Waals surface area contributed by atoms with Crippen molar-refractivity contribution in [3.63, 3.8) is 0 Å². The second-order valence-corrected chi connectivity index (χ2v) is 20.4. The summed E-state index contributed by atoms with van der Waals surface area (Å²) in [5.41, 5.74) is 17.7. The van der Waals surface area contributed by atoms with Gasteiger partial charge in [0.2, 0.25) is 0 Å². The minimum Gasteiger partial charge on any atom is -0.311 e. The van der Waals surface area contributed by atoms with Crippen molar-refractivity contribution in [2.75, 3.05) is 4.90 Å². The third-order valence-electron chi connectivity index (χ3n) is 13.9. The quantitative estimate of drug-likeness (QED) is 0.0825. The van der Waals surface area contributed by atoms with Gasteiger partial charge in [-0.25, -0.2) is 0 Å². The van der Waals surface area contributed by atoms with Crippen LogP contribution in [-0.2, 0) is 5.41 Å². The van der Waals surface area contributed by atoms with Crippen LogP contribution in [0.2, 0.25) is 0 Å². The first-order chi connectivity index (χ1) is 30.3. The van der Waals surface area contributed by atoms with Gasteiger partial charge in [-0.1, -0.05) is 169 Å². The van der Waals surface area contributed by atoms with Crippen LogP contribution in [0, 0.1) is 13.8 Å². The van der Waals surface area contributed by atoms with Crippen molar-refractivity contribution < 1.29 is 0 Å². The molecular formula is C59H63NS2. The van der Waals surface area contributed by atoms with E-state index in [-0.39, 0.29) is 5.41 Å². The number of hydrogen-bond donors (Lipinski definition) is 0. The minimum atomic E-state index is 0.0933. The van der Waals surface area contributed by atoms with E-state index in [0.717, 1.165) is 6.42 Å². The van der Waals surface area contributed by atoms with E-state index in [1.807, 2.05) is 22.7 Å². The number of thiophene rings is 2. The smallest absolute Gasteiger partial charge is 0.0535 e. The van der Waals surface area contributed by atoms with Crippen molar-refractivity contribution in [2.24, 2.45) is 0 Å². The number of unbranched alkanes of at least 4 members (excludes halogenated alkanes) is 6. The van der Waals surface area contributed by atoms with Gasteiger partial charge in [0, 0.05) is 42.1 Å². The molecule has 3 heteroatoms. The highest BCUT2D eigenvalue weighted by Crippen LogP contribution is 2.55. The molecule has 6 aromatic carbocycles. The lowest BCUT2D eigenvalue weighted by atomic mass is 9.70. The molecule has 1 atom stereocenters. The molecule has 8 aromatic rings. The van der Waals surface area contributed by atoms with Crippen molar-refractivity contribution in [1.29, 1.82) is 0 Å². The van der Waals surface area contributed by atoms with E-state index in [4.69, 9.17) is 0 Å². The molecule has 1 nitrogen and oxygen atoms in total. The molecule has 0 amide bonds. The van der Waals surface area contributed by atoms with E-state index in [9.17, 15) is 0 Å². The number of hydrogen-bond acceptors (Lipinski definition) is 3. The lowest BCUT2D eigenvalue weighted by Gasteiger charge is -2.33. The number of benzene rings is 6. The Balaban J connectivity index is 1.02. The Morgan fingerprint density at radius 3 is 1.69 bits per heavy atom. The Labute approximate surface area is 379 Å². The molecule has 0 aliphatic heterocycles. The van der Waals surface area contributed by atoms with Gasteiger partial charge in [-0.15, -0.1) is 22.7 Å². The Hall–Kier alpha value is -4.96. The van der Waals surface area contributed by atoms with E-state index >= 15 is 0 Å². The average molecular weight is 850 g/mol. The molecule has 0 saturated carbocycles. The topological polar surface area (TPSA) is 3.24 Å². The molecule has 1 aliphatic carbocycles. The van der Waals surface area contributed by atoms with Crippen LogP contribution >= 0.6 is 22.7 Å². The summed E-state index contributed by atoms with van der Waals surface area (Å²) in [6.07, 6.45) is 14.1. The van der Waals surface area contributed by atoms with Gasteiger partial charge in [-0.3, -0.25) is 0 Å². The molecule has 316 valence electrons. The summed E-state index contributed by atoms with van der Waals surface area (Å²) in [7, 11) is 0. The summed E-state index contributed by atoms with van der Waals surface area (Å²) in [5.74, 6) is 0.555. The van der Waals surface area contributed by atoms with Gasteiger partial charge >= 0.3 is 0 Å². The Kier molecular flexibility index (Phi) is 12.6. The first-order valence-electron chi connectivity index (χ1n) is 23.6. The number of rotatable bonds is 17. The van der Waals surface area contributed by atoms with Gasteiger partial charge < -0.3 is 4.90 Å². The molecule has 0 bridgehead atoms. The summed E-state index contributed by atoms with van der Waals surface area (Å²) >= 11 is 3.88. The fourth-order valence-electron chi connectivity index (χ4n) is 10.1. The maximum atomic E-state index is 2.60. The monoisotopic (exact) mass is 849 g/mol. The minimum absolute atomic E-state index is 0.0933. The first kappa shape index (κ1) is 42.3. The van der Waals surface area contributed by atoms with Crippen LogP contribution in [0.15, 0.2) is 133 Å². The molecule has 0 saturated heterocycles. The van der Waals surface area contributed by atoms with Crippen LogP contribution in [0.1, 0.15) is 132 Å². The number of fused-ring (bicyclic) bond motifs is 6. The highest BCUT2D eigenvalue weighted by atomic mass is 32.1. The van der Waals surface area contributed by atoms with Crippen LogP contribution in [0.4, 0.5) is 17.1 Å². The number of aryl methyl sites for hydroxylation is 2. The van der Waals surface area contributed by atoms with Crippen LogP contribution in [0.5, 0.6) is 0 Å². The van der Waals surface area contributed by atoms with Gasteiger partial charge in [-0.2, -0.15) is 0 Å². The lowest BCUT2D eigenvalue weighted by Crippen LogP contribution is -2.25. The summed E-state index contributed by atoms with van der Waals surface area (Å²) in [4.78, 5) is 3.70. The second kappa shape index (κ2) is 18.4. The molecule has 1 aliphatic rings. The molecule has 0 N–H and O–H groups in total. The zero-order chi connectivity index (χ0) is 42.8. The SMILES string of the molecule is CCCCCCC1(CCCCCC)c2cc(C)ccc2-c2ccc(-c3ccc4c(c3)sc3cc(-c5ccc(N(c6ccc(C)cc6)c6ccc(C(C)CC)cc6)cc5)sc34)cc21. The summed E-state index contributed by atoms with van der Waals surface area (Å²) in [6.45, 7) is 13.7. The largest absolute Gasteiger partial charge is 0.311 e. The lowest BCUT2D eigenvalue weighted by molar-refractivity contribution is 0.401. The van der Waals surface area contributed by atoms with Gasteiger partial charge in [0.1, 0.15) is 0 Å². The molecule has 0 radical (unpaired) electrons. The predicted molar refractivity (Wildman–Crippen MR) is 275 cm³/mol. The fourth-order valence-corrected chi connectivity index (χ4v) is 12.7. The number of anilines is 3. The molecule has 9 rings (SSSR count). The second-order valence-electron chi connectivity index (χ2n) is 18.2. The average Bonchev–Trinajstić information content (AvgIpc) is 3.95. The van der Waals surface area contributed by atoms with Crippen molar-refractivity contribution in [1.82, 2.24) is 0 Å². The highest BCUT2D eigenvalue weighted by molar-refractivity contribution is 7.34. The maximum Gasteiger partial charge on any atom is 0.0535 e. The van der Waals surface area contributed by atoms with Crippen molar-refractivity contribution >= 4 is 59.2 Å². The summed E-state index contributed by atoms with van der Waals surface area (Å²) in [5, 5.41) is 1.37. The molecule has 2 aromatic heterocycles. The highest BCUT2D eigenvalue weighted by Gasteiger charge is 2.42. The maximum absolute atomic E-state index is 2.60. The van der Waals surface area contributed by atoms with Crippen LogP contribution in [0.3, 0.4) is 0 Å². The Morgan fingerprint density at radius 1 is 0.500 bits per heavy atom. The van der Waals surface area contributed by atoms with Crippen molar-refractivity contribution in [3.8, 4) is 32.7 Å². The zero-order valence-corrected chi connectivity index (χ0v) is 39.5. The van der Waals surface area contributed by atoms with Crippen LogP contribution < -0.4 is 4.90 Å². The molecule has 0 fully saturated rings.